The Morgan fingerprint density at radius 1 is 1.03 bits per heavy atom. The standard InChI is InChI=1S/C22H24F2N2O3/c1-21(2,3)29-20(28)26-16-12-7-6-9-13(16)22(4,5)18(26)19(27)25-17-14(23)10-8-11-15(17)24/h6-12,18H,1-5H3,(H,25,27). The maximum Gasteiger partial charge on any atom is 0.415 e. The van der Waals surface area contributed by atoms with Crippen molar-refractivity contribution in [3.05, 3.63) is 59.7 Å². The molecule has 0 aliphatic carbocycles. The van der Waals surface area contributed by atoms with Gasteiger partial charge in [-0.05, 0) is 44.5 Å². The lowest BCUT2D eigenvalue weighted by atomic mass is 9.80. The number of ether oxygens (including phenoxy) is 1. The molecule has 1 heterocycles. The summed E-state index contributed by atoms with van der Waals surface area (Å²) in [5, 5.41) is 2.32. The molecule has 0 spiro atoms. The highest BCUT2D eigenvalue weighted by atomic mass is 19.1. The molecule has 154 valence electrons. The number of hydrogen-bond acceptors (Lipinski definition) is 3. The highest BCUT2D eigenvalue weighted by Crippen LogP contribution is 2.46. The number of benzene rings is 2. The van der Waals surface area contributed by atoms with Gasteiger partial charge in [-0.1, -0.05) is 38.1 Å². The predicted molar refractivity (Wildman–Crippen MR) is 107 cm³/mol. The van der Waals surface area contributed by atoms with E-state index in [0.29, 0.717) is 5.69 Å². The Morgan fingerprint density at radius 3 is 2.21 bits per heavy atom. The van der Waals surface area contributed by atoms with E-state index in [1.165, 1.54) is 11.0 Å². The predicted octanol–water partition coefficient (Wildman–Crippen LogP) is 5.00. The van der Waals surface area contributed by atoms with E-state index >= 15 is 0 Å². The van der Waals surface area contributed by atoms with E-state index in [0.717, 1.165) is 17.7 Å². The van der Waals surface area contributed by atoms with Crippen LogP contribution in [0.1, 0.15) is 40.2 Å². The van der Waals surface area contributed by atoms with E-state index < -0.39 is 46.4 Å². The Kier molecular flexibility index (Phi) is 5.11. The second kappa shape index (κ2) is 7.13. The quantitative estimate of drug-likeness (QED) is 0.769. The largest absolute Gasteiger partial charge is 0.443 e. The van der Waals surface area contributed by atoms with E-state index in [4.69, 9.17) is 4.74 Å². The zero-order valence-corrected chi connectivity index (χ0v) is 17.0. The summed E-state index contributed by atoms with van der Waals surface area (Å²) in [5.41, 5.74) is -0.856. The third-order valence-corrected chi connectivity index (χ3v) is 4.85. The van der Waals surface area contributed by atoms with E-state index in [1.54, 1.807) is 46.8 Å². The van der Waals surface area contributed by atoms with Gasteiger partial charge in [0.2, 0.25) is 5.91 Å². The summed E-state index contributed by atoms with van der Waals surface area (Å²) in [7, 11) is 0. The van der Waals surface area contributed by atoms with Crippen molar-refractivity contribution >= 4 is 23.4 Å². The van der Waals surface area contributed by atoms with Crippen LogP contribution in [0.5, 0.6) is 0 Å². The maximum absolute atomic E-state index is 14.1. The molecule has 2 aromatic rings. The number of carbonyl (C=O) groups is 2. The summed E-state index contributed by atoms with van der Waals surface area (Å²) in [6.45, 7) is 8.78. The van der Waals surface area contributed by atoms with Crippen molar-refractivity contribution in [2.75, 3.05) is 10.2 Å². The van der Waals surface area contributed by atoms with Gasteiger partial charge in [-0.25, -0.2) is 13.6 Å². The number of hydrogen-bond donors (Lipinski definition) is 1. The van der Waals surface area contributed by atoms with Crippen LogP contribution >= 0.6 is 0 Å². The summed E-state index contributed by atoms with van der Waals surface area (Å²) in [4.78, 5) is 27.4. The smallest absolute Gasteiger partial charge is 0.415 e. The lowest BCUT2D eigenvalue weighted by Gasteiger charge is -2.33. The van der Waals surface area contributed by atoms with Crippen LogP contribution in [-0.4, -0.2) is 23.6 Å². The van der Waals surface area contributed by atoms with Crippen LogP contribution in [0.25, 0.3) is 0 Å². The molecule has 0 aromatic heterocycles. The van der Waals surface area contributed by atoms with Gasteiger partial charge in [-0.2, -0.15) is 0 Å². The zero-order valence-electron chi connectivity index (χ0n) is 17.0. The molecule has 0 bridgehead atoms. The van der Waals surface area contributed by atoms with Gasteiger partial charge in [0.15, 0.2) is 0 Å². The SMILES string of the molecule is CC(C)(C)OC(=O)N1c2ccccc2C(C)(C)C1C(=O)Nc1c(F)cccc1F. The topological polar surface area (TPSA) is 58.6 Å². The van der Waals surface area contributed by atoms with E-state index in [-0.39, 0.29) is 0 Å². The fraction of sp³-hybridized carbons (Fsp3) is 0.364. The average molecular weight is 402 g/mol. The van der Waals surface area contributed by atoms with Crippen molar-refractivity contribution in [2.45, 2.75) is 51.7 Å². The number of rotatable bonds is 2. The van der Waals surface area contributed by atoms with Crippen molar-refractivity contribution in [3.8, 4) is 0 Å². The number of nitrogens with one attached hydrogen (secondary N) is 1. The Morgan fingerprint density at radius 2 is 1.62 bits per heavy atom. The van der Waals surface area contributed by atoms with Gasteiger partial charge < -0.3 is 10.1 Å². The summed E-state index contributed by atoms with van der Waals surface area (Å²) >= 11 is 0. The minimum atomic E-state index is -1.06. The summed E-state index contributed by atoms with van der Waals surface area (Å²) < 4.78 is 33.7. The Bertz CT molecular complexity index is 947. The minimum Gasteiger partial charge on any atom is -0.443 e. The van der Waals surface area contributed by atoms with Crippen LogP contribution in [-0.2, 0) is 14.9 Å². The monoisotopic (exact) mass is 402 g/mol. The van der Waals surface area contributed by atoms with Gasteiger partial charge in [0.25, 0.3) is 0 Å². The molecular formula is C22H24F2N2O3. The van der Waals surface area contributed by atoms with Crippen LogP contribution in [0.15, 0.2) is 42.5 Å². The van der Waals surface area contributed by atoms with Crippen LogP contribution < -0.4 is 10.2 Å². The van der Waals surface area contributed by atoms with Crippen molar-refractivity contribution < 1.29 is 23.1 Å². The first-order chi connectivity index (χ1) is 13.4. The van der Waals surface area contributed by atoms with E-state index in [2.05, 4.69) is 5.32 Å². The molecule has 1 atom stereocenters. The number of carbonyl (C=O) groups excluding carboxylic acids is 2. The second-order valence-electron chi connectivity index (χ2n) is 8.58. The lowest BCUT2D eigenvalue weighted by Crippen LogP contribution is -2.53. The molecule has 1 N–H and O–H groups in total. The van der Waals surface area contributed by atoms with Crippen LogP contribution in [0.3, 0.4) is 0 Å². The summed E-state index contributed by atoms with van der Waals surface area (Å²) in [6.07, 6.45) is -0.704. The van der Waals surface area contributed by atoms with Crippen LogP contribution in [0.4, 0.5) is 25.0 Å². The molecule has 7 heteroatoms. The first kappa shape index (κ1) is 20.8. The molecule has 0 radical (unpaired) electrons. The molecule has 5 nitrogen and oxygen atoms in total. The normalized spacial score (nSPS) is 17.6. The lowest BCUT2D eigenvalue weighted by molar-refractivity contribution is -0.118. The molecule has 1 unspecified atom stereocenters. The number of halogens is 2. The summed E-state index contributed by atoms with van der Waals surface area (Å²) in [5.74, 6) is -2.49. The first-order valence-corrected chi connectivity index (χ1v) is 9.30. The van der Waals surface area contributed by atoms with Crippen molar-refractivity contribution in [1.82, 2.24) is 0 Å². The third kappa shape index (κ3) is 3.81. The highest BCUT2D eigenvalue weighted by molar-refractivity contribution is 6.07. The molecule has 29 heavy (non-hydrogen) atoms. The van der Waals surface area contributed by atoms with Crippen LogP contribution in [0, 0.1) is 11.6 Å². The first-order valence-electron chi connectivity index (χ1n) is 9.30. The van der Waals surface area contributed by atoms with E-state index in [9.17, 15) is 18.4 Å². The van der Waals surface area contributed by atoms with Gasteiger partial charge in [-0.3, -0.25) is 9.69 Å². The molecular weight excluding hydrogens is 378 g/mol. The van der Waals surface area contributed by atoms with Crippen LogP contribution in [0.2, 0.25) is 0 Å². The Balaban J connectivity index is 2.04. The van der Waals surface area contributed by atoms with Crippen molar-refractivity contribution in [2.24, 2.45) is 0 Å². The highest BCUT2D eigenvalue weighted by Gasteiger charge is 2.52. The maximum atomic E-state index is 14.1. The second-order valence-corrected chi connectivity index (χ2v) is 8.58. The van der Waals surface area contributed by atoms with Crippen molar-refractivity contribution in [1.29, 1.82) is 0 Å². The van der Waals surface area contributed by atoms with E-state index in [1.807, 2.05) is 12.1 Å². The molecule has 3 rings (SSSR count). The summed E-state index contributed by atoms with van der Waals surface area (Å²) in [6, 6.07) is 9.37. The zero-order chi connectivity index (χ0) is 21.6. The van der Waals surface area contributed by atoms with Gasteiger partial charge >= 0.3 is 6.09 Å². The Labute approximate surface area is 168 Å². The molecule has 2 amide bonds. The molecule has 2 aromatic carbocycles. The number of anilines is 2. The molecule has 1 aliphatic rings. The molecule has 1 aliphatic heterocycles. The number of amides is 2. The molecule has 0 saturated heterocycles. The van der Waals surface area contributed by atoms with Gasteiger partial charge in [0, 0.05) is 5.41 Å². The Hall–Kier alpha value is -2.96. The van der Waals surface area contributed by atoms with Crippen molar-refractivity contribution in [3.63, 3.8) is 0 Å². The number of para-hydroxylation sites is 2. The number of fused-ring (bicyclic) bond motifs is 1. The van der Waals surface area contributed by atoms with Gasteiger partial charge in [0.1, 0.15) is 29.0 Å². The fourth-order valence-electron chi connectivity index (χ4n) is 3.61. The minimum absolute atomic E-state index is 0.529. The average Bonchev–Trinajstić information content (AvgIpc) is 2.85. The third-order valence-electron chi connectivity index (χ3n) is 4.85. The van der Waals surface area contributed by atoms with Gasteiger partial charge in [0.05, 0.1) is 5.69 Å². The molecule has 0 fully saturated rings. The molecule has 0 saturated carbocycles. The fourth-order valence-corrected chi connectivity index (χ4v) is 3.61. The number of nitrogens with zero attached hydrogens (tertiary/aromatic N) is 1. The van der Waals surface area contributed by atoms with Gasteiger partial charge in [-0.15, -0.1) is 0 Å².